The van der Waals surface area contributed by atoms with Crippen molar-refractivity contribution in [1.29, 1.82) is 0 Å². The number of rotatable bonds is 1. The van der Waals surface area contributed by atoms with Crippen LogP contribution in [0.1, 0.15) is 29.3 Å². The molecule has 0 aromatic heterocycles. The Balaban J connectivity index is 1.87. The van der Waals surface area contributed by atoms with Gasteiger partial charge in [-0.2, -0.15) is 0 Å². The maximum Gasteiger partial charge on any atom is 0.255 e. The van der Waals surface area contributed by atoms with Crippen LogP contribution in [0.15, 0.2) is 18.2 Å². The summed E-state index contributed by atoms with van der Waals surface area (Å²) in [7, 11) is 0. The number of nitrogens with zero attached hydrogens (tertiary/aromatic N) is 1. The zero-order chi connectivity index (χ0) is 15.0. The van der Waals surface area contributed by atoms with Crippen molar-refractivity contribution in [3.8, 4) is 0 Å². The molecule has 2 heterocycles. The maximum atomic E-state index is 12.6. The van der Waals surface area contributed by atoms with Crippen LogP contribution in [0.2, 0.25) is 0 Å². The molecule has 3 amide bonds. The average Bonchev–Trinajstić information content (AvgIpc) is 2.49. The van der Waals surface area contributed by atoms with E-state index in [-0.39, 0.29) is 12.5 Å². The molecule has 0 aliphatic carbocycles. The van der Waals surface area contributed by atoms with Crippen molar-refractivity contribution in [2.24, 2.45) is 0 Å². The minimum atomic E-state index is -0.635. The van der Waals surface area contributed by atoms with Crippen molar-refractivity contribution in [1.82, 2.24) is 10.2 Å². The molecule has 0 bridgehead atoms. The smallest absolute Gasteiger partial charge is 0.255 e. The summed E-state index contributed by atoms with van der Waals surface area (Å²) in [6.45, 7) is 2.48. The number of anilines is 1. The lowest BCUT2D eigenvalue weighted by atomic mass is 10.00. The first-order valence-corrected chi connectivity index (χ1v) is 7.08. The Hall–Kier alpha value is -2.37. The van der Waals surface area contributed by atoms with Crippen LogP contribution in [-0.2, 0) is 16.0 Å². The van der Waals surface area contributed by atoms with Gasteiger partial charge in [-0.1, -0.05) is 0 Å². The summed E-state index contributed by atoms with van der Waals surface area (Å²) in [4.78, 5) is 37.0. The van der Waals surface area contributed by atoms with E-state index in [1.54, 1.807) is 13.0 Å². The molecule has 0 spiro atoms. The van der Waals surface area contributed by atoms with Crippen LogP contribution in [-0.4, -0.2) is 41.8 Å². The molecule has 1 saturated heterocycles. The summed E-state index contributed by atoms with van der Waals surface area (Å²) >= 11 is 0. The van der Waals surface area contributed by atoms with E-state index in [1.807, 2.05) is 12.1 Å². The van der Waals surface area contributed by atoms with E-state index < -0.39 is 17.9 Å². The number of imide groups is 1. The lowest BCUT2D eigenvalue weighted by Crippen LogP contribution is -2.58. The van der Waals surface area contributed by atoms with Crippen LogP contribution in [0.4, 0.5) is 5.69 Å². The second-order valence-electron chi connectivity index (χ2n) is 5.42. The first-order chi connectivity index (χ1) is 10.1. The first kappa shape index (κ1) is 13.6. The van der Waals surface area contributed by atoms with Crippen molar-refractivity contribution < 1.29 is 14.4 Å². The van der Waals surface area contributed by atoms with Gasteiger partial charge in [-0.15, -0.1) is 0 Å². The average molecular weight is 287 g/mol. The minimum Gasteiger partial charge on any atom is -0.385 e. The third-order valence-electron chi connectivity index (χ3n) is 3.97. The standard InChI is InChI=1S/C15H17N3O3/c1-9-14(20)17-13(19)8-18(9)15(21)11-4-5-12-10(7-11)3-2-6-16-12/h4-5,7,9,16H,2-3,6,8H2,1H3,(H,17,19,20). The highest BCUT2D eigenvalue weighted by Gasteiger charge is 2.34. The number of hydrogen-bond acceptors (Lipinski definition) is 4. The number of amides is 3. The second-order valence-corrected chi connectivity index (χ2v) is 5.42. The normalized spacial score (nSPS) is 21.4. The molecule has 2 N–H and O–H groups in total. The summed E-state index contributed by atoms with van der Waals surface area (Å²) in [5.41, 5.74) is 2.68. The van der Waals surface area contributed by atoms with Gasteiger partial charge in [0.15, 0.2) is 0 Å². The fraction of sp³-hybridized carbons (Fsp3) is 0.400. The van der Waals surface area contributed by atoms with Crippen molar-refractivity contribution in [2.75, 3.05) is 18.4 Å². The number of carbonyl (C=O) groups is 3. The zero-order valence-electron chi connectivity index (χ0n) is 11.8. The second kappa shape index (κ2) is 5.20. The summed E-state index contributed by atoms with van der Waals surface area (Å²) in [5, 5.41) is 5.52. The van der Waals surface area contributed by atoms with Gasteiger partial charge in [0.2, 0.25) is 11.8 Å². The lowest BCUT2D eigenvalue weighted by molar-refractivity contribution is -0.138. The molecule has 1 aromatic carbocycles. The van der Waals surface area contributed by atoms with Gasteiger partial charge in [-0.25, -0.2) is 0 Å². The van der Waals surface area contributed by atoms with E-state index in [4.69, 9.17) is 0 Å². The molecule has 2 aliphatic rings. The topological polar surface area (TPSA) is 78.5 Å². The Labute approximate surface area is 122 Å². The Morgan fingerprint density at radius 1 is 1.33 bits per heavy atom. The molecule has 21 heavy (non-hydrogen) atoms. The van der Waals surface area contributed by atoms with Crippen molar-refractivity contribution in [3.05, 3.63) is 29.3 Å². The zero-order valence-corrected chi connectivity index (χ0v) is 11.8. The Kier molecular flexibility index (Phi) is 3.37. The predicted octanol–water partition coefficient (Wildman–Crippen LogP) is 0.532. The van der Waals surface area contributed by atoms with Crippen LogP contribution < -0.4 is 10.6 Å². The van der Waals surface area contributed by atoms with E-state index in [0.717, 1.165) is 30.6 Å². The molecule has 2 aliphatic heterocycles. The van der Waals surface area contributed by atoms with Gasteiger partial charge in [0, 0.05) is 17.8 Å². The van der Waals surface area contributed by atoms with Gasteiger partial charge < -0.3 is 10.2 Å². The Bertz CT molecular complexity index is 627. The van der Waals surface area contributed by atoms with Gasteiger partial charge in [-0.3, -0.25) is 19.7 Å². The molecule has 110 valence electrons. The molecule has 1 fully saturated rings. The molecule has 3 rings (SSSR count). The Morgan fingerprint density at radius 3 is 2.95 bits per heavy atom. The minimum absolute atomic E-state index is 0.0823. The highest BCUT2D eigenvalue weighted by atomic mass is 16.2. The van der Waals surface area contributed by atoms with Crippen LogP contribution in [0.25, 0.3) is 0 Å². The first-order valence-electron chi connectivity index (χ1n) is 7.08. The summed E-state index contributed by atoms with van der Waals surface area (Å²) in [6, 6.07) is 4.85. The van der Waals surface area contributed by atoms with Gasteiger partial charge in [0.25, 0.3) is 5.91 Å². The highest BCUT2D eigenvalue weighted by molar-refractivity contribution is 6.07. The van der Waals surface area contributed by atoms with Crippen molar-refractivity contribution in [2.45, 2.75) is 25.8 Å². The van der Waals surface area contributed by atoms with E-state index >= 15 is 0 Å². The van der Waals surface area contributed by atoms with E-state index in [2.05, 4.69) is 10.6 Å². The highest BCUT2D eigenvalue weighted by Crippen LogP contribution is 2.24. The monoisotopic (exact) mass is 287 g/mol. The van der Waals surface area contributed by atoms with Crippen LogP contribution in [0.3, 0.4) is 0 Å². The maximum absolute atomic E-state index is 12.6. The quantitative estimate of drug-likeness (QED) is 0.739. The third kappa shape index (κ3) is 2.49. The largest absolute Gasteiger partial charge is 0.385 e. The molecule has 1 aromatic rings. The van der Waals surface area contributed by atoms with Gasteiger partial charge in [0.1, 0.15) is 12.6 Å². The number of piperazine rings is 1. The Morgan fingerprint density at radius 2 is 2.14 bits per heavy atom. The third-order valence-corrected chi connectivity index (χ3v) is 3.97. The van der Waals surface area contributed by atoms with Gasteiger partial charge >= 0.3 is 0 Å². The summed E-state index contributed by atoms with van der Waals surface area (Å²) in [6.07, 6.45) is 1.96. The number of fused-ring (bicyclic) bond motifs is 1. The van der Waals surface area contributed by atoms with Crippen molar-refractivity contribution in [3.63, 3.8) is 0 Å². The number of aryl methyl sites for hydroxylation is 1. The number of benzene rings is 1. The molecular weight excluding hydrogens is 270 g/mol. The van der Waals surface area contributed by atoms with Crippen LogP contribution in [0.5, 0.6) is 0 Å². The fourth-order valence-corrected chi connectivity index (χ4v) is 2.74. The molecule has 1 unspecified atom stereocenters. The fourth-order valence-electron chi connectivity index (χ4n) is 2.74. The molecule has 0 radical (unpaired) electrons. The number of carbonyl (C=O) groups excluding carboxylic acids is 3. The van der Waals surface area contributed by atoms with Gasteiger partial charge in [-0.05, 0) is 43.5 Å². The SMILES string of the molecule is CC1C(=O)NC(=O)CN1C(=O)c1ccc2c(c1)CCCN2. The number of hydrogen-bond donors (Lipinski definition) is 2. The molecule has 6 nitrogen and oxygen atoms in total. The van der Waals surface area contributed by atoms with E-state index in [9.17, 15) is 14.4 Å². The van der Waals surface area contributed by atoms with Crippen molar-refractivity contribution >= 4 is 23.4 Å². The lowest BCUT2D eigenvalue weighted by Gasteiger charge is -2.32. The summed E-state index contributed by atoms with van der Waals surface area (Å²) in [5.74, 6) is -1.15. The predicted molar refractivity (Wildman–Crippen MR) is 76.9 cm³/mol. The van der Waals surface area contributed by atoms with Crippen LogP contribution in [0, 0.1) is 0 Å². The van der Waals surface area contributed by atoms with E-state index in [1.165, 1.54) is 4.90 Å². The number of nitrogens with one attached hydrogen (secondary N) is 2. The molecule has 0 saturated carbocycles. The summed E-state index contributed by atoms with van der Waals surface area (Å²) < 4.78 is 0. The van der Waals surface area contributed by atoms with E-state index in [0.29, 0.717) is 5.56 Å². The van der Waals surface area contributed by atoms with Gasteiger partial charge in [0.05, 0.1) is 0 Å². The molecule has 6 heteroatoms. The molecule has 1 atom stereocenters. The molecular formula is C15H17N3O3. The van der Waals surface area contributed by atoms with Crippen LogP contribution >= 0.6 is 0 Å².